The maximum Gasteiger partial charge on any atom is 0.326 e. The second kappa shape index (κ2) is 44.6. The summed E-state index contributed by atoms with van der Waals surface area (Å²) in [6.07, 6.45) is 2.38. The first kappa shape index (κ1) is 81.2. The van der Waals surface area contributed by atoms with Crippen molar-refractivity contribution in [1.29, 1.82) is 0 Å². The number of carboxylic acid groups (broad SMARTS) is 5. The SMILES string of the molecule is CCN1CCN(CC(N)=O)CCN(CC(N)=O)CCN(C(CCC(=O)NC(Cc2ccc(O)c(C)c2)C(=O)NC(Cc2ccccc2)C(=O)NC(CCCCNC(=O)CCCCCCC(=O)NCCCCC(NC(=O)NC(CCC(=O)O)C(=O)O)C(=O)O)C(=O)O)C(=O)O)CC1. The molecule has 1 aliphatic heterocycles. The lowest BCUT2D eigenvalue weighted by Crippen LogP contribution is -2.57. The highest BCUT2D eigenvalue weighted by atomic mass is 16.4. The number of amides is 9. The van der Waals surface area contributed by atoms with Gasteiger partial charge in [0.1, 0.15) is 42.0 Å². The number of rotatable bonds is 44. The first-order chi connectivity index (χ1) is 45.6. The molecule has 1 heterocycles. The summed E-state index contributed by atoms with van der Waals surface area (Å²) >= 11 is 0. The number of carbonyl (C=O) groups is 13. The predicted octanol–water partition coefficient (Wildman–Crippen LogP) is -0.546. The van der Waals surface area contributed by atoms with Crippen LogP contribution in [0.2, 0.25) is 0 Å². The number of benzene rings is 2. The van der Waals surface area contributed by atoms with Crippen molar-refractivity contribution in [2.45, 2.75) is 166 Å². The van der Waals surface area contributed by atoms with Crippen LogP contribution in [0.3, 0.4) is 0 Å². The minimum absolute atomic E-state index is 0.0117. The van der Waals surface area contributed by atoms with Gasteiger partial charge in [-0.1, -0.05) is 62.2 Å². The lowest BCUT2D eigenvalue weighted by Gasteiger charge is -2.35. The molecule has 2 aromatic carbocycles. The van der Waals surface area contributed by atoms with Gasteiger partial charge in [-0.2, -0.15) is 0 Å². The monoisotopic (exact) mass is 1350 g/mol. The zero-order valence-corrected chi connectivity index (χ0v) is 54.9. The van der Waals surface area contributed by atoms with Crippen LogP contribution >= 0.6 is 0 Å². The number of aromatic hydroxyl groups is 1. The first-order valence-electron chi connectivity index (χ1n) is 32.6. The van der Waals surface area contributed by atoms with Gasteiger partial charge in [0.05, 0.1) is 13.1 Å². The lowest BCUT2D eigenvalue weighted by atomic mass is 10.00. The molecule has 6 atom stereocenters. The quantitative estimate of drug-likeness (QED) is 0.0370. The molecule has 2 aromatic rings. The molecule has 0 spiro atoms. The van der Waals surface area contributed by atoms with E-state index in [4.69, 9.17) is 16.6 Å². The van der Waals surface area contributed by atoms with Crippen molar-refractivity contribution in [1.82, 2.24) is 56.8 Å². The number of nitrogens with two attached hydrogens (primary N) is 2. The molecule has 534 valence electrons. The van der Waals surface area contributed by atoms with Crippen LogP contribution in [0.15, 0.2) is 48.5 Å². The molecule has 9 amide bonds. The van der Waals surface area contributed by atoms with Crippen molar-refractivity contribution in [3.8, 4) is 5.75 Å². The van der Waals surface area contributed by atoms with Crippen LogP contribution in [0.4, 0.5) is 4.79 Å². The Morgan fingerprint density at radius 3 is 1.40 bits per heavy atom. The highest BCUT2D eigenvalue weighted by Gasteiger charge is 2.33. The molecule has 0 aliphatic carbocycles. The standard InChI is InChI=1S/C64H99N13O19/c1-3-74-29-30-75(40-52(65)79)31-32-76(41-53(66)80)34-36-77(35-33-74)50(63(94)95)23-25-56(83)69-48(39-44-21-24-51(78)42(2)37-44)58(86)71-49(38-43-15-7-6-8-16-43)59(87)70-45(60(88)89)17-11-13-27-67-54(81)19-9-4-5-10-20-55(82)68-28-14-12-18-46(61(90)91)72-64(96)73-47(62(92)93)22-26-57(84)85/h6-8,15-16,21,24,37,45-50,78H,3-5,9-14,17-20,22-23,25-36,38-41H2,1-2H3,(H2,65,79)(H2,66,80)(H,67,81)(H,68,82)(H,69,83)(H,70,87)(H,71,86)(H,84,85)(H,88,89)(H,90,91)(H,92,93)(H,94,95)(H2,72,73,96). The van der Waals surface area contributed by atoms with E-state index in [0.29, 0.717) is 101 Å². The normalized spacial score (nSPS) is 15.4. The zero-order chi connectivity index (χ0) is 71.1. The fourth-order valence-electron chi connectivity index (χ4n) is 10.7. The Morgan fingerprint density at radius 2 is 0.917 bits per heavy atom. The number of nitrogens with one attached hydrogen (secondary N) is 7. The molecule has 0 radical (unpaired) electrons. The number of nitrogens with zero attached hydrogens (tertiary/aromatic N) is 4. The van der Waals surface area contributed by atoms with Crippen molar-refractivity contribution in [3.05, 3.63) is 65.2 Å². The van der Waals surface area contributed by atoms with E-state index in [-0.39, 0.29) is 121 Å². The summed E-state index contributed by atoms with van der Waals surface area (Å²) < 4.78 is 0. The summed E-state index contributed by atoms with van der Waals surface area (Å²) in [6, 6.07) is 3.95. The number of hydrogen-bond acceptors (Lipinski definition) is 18. The average Bonchev–Trinajstić information content (AvgIpc) is 0.898. The van der Waals surface area contributed by atoms with Crippen molar-refractivity contribution >= 4 is 77.2 Å². The van der Waals surface area contributed by atoms with E-state index in [0.717, 1.165) is 0 Å². The van der Waals surface area contributed by atoms with Gasteiger partial charge in [0.2, 0.25) is 41.4 Å². The van der Waals surface area contributed by atoms with Gasteiger partial charge >= 0.3 is 35.9 Å². The molecule has 0 bridgehead atoms. The minimum atomic E-state index is -1.53. The molecule has 1 saturated heterocycles. The van der Waals surface area contributed by atoms with Crippen LogP contribution in [-0.4, -0.2) is 249 Å². The van der Waals surface area contributed by atoms with Gasteiger partial charge in [-0.3, -0.25) is 57.9 Å². The summed E-state index contributed by atoms with van der Waals surface area (Å²) in [5.41, 5.74) is 12.7. The third kappa shape index (κ3) is 33.9. The molecule has 96 heavy (non-hydrogen) atoms. The van der Waals surface area contributed by atoms with E-state index in [2.05, 4.69) is 42.1 Å². The van der Waals surface area contributed by atoms with Gasteiger partial charge < -0.3 is 84.2 Å². The number of hydrogen-bond donors (Lipinski definition) is 15. The van der Waals surface area contributed by atoms with Crippen molar-refractivity contribution in [2.24, 2.45) is 11.5 Å². The first-order valence-corrected chi connectivity index (χ1v) is 32.6. The summed E-state index contributed by atoms with van der Waals surface area (Å²) in [5, 5.41) is 76.5. The molecule has 32 nitrogen and oxygen atoms in total. The Kier molecular flexibility index (Phi) is 37.7. The highest BCUT2D eigenvalue weighted by Crippen LogP contribution is 2.19. The van der Waals surface area contributed by atoms with E-state index in [1.54, 1.807) is 59.2 Å². The summed E-state index contributed by atoms with van der Waals surface area (Å²) in [5.74, 6) is -10.6. The molecule has 1 fully saturated rings. The molecular weight excluding hydrogens is 1250 g/mol. The Morgan fingerprint density at radius 1 is 0.458 bits per heavy atom. The summed E-state index contributed by atoms with van der Waals surface area (Å²) in [4.78, 5) is 171. The number of phenols is 1. The van der Waals surface area contributed by atoms with Crippen molar-refractivity contribution in [2.75, 3.05) is 85.1 Å². The van der Waals surface area contributed by atoms with Gasteiger partial charge in [-0.25, -0.2) is 19.2 Å². The van der Waals surface area contributed by atoms with E-state index < -0.39 is 115 Å². The van der Waals surface area contributed by atoms with Crippen LogP contribution in [0.25, 0.3) is 0 Å². The molecule has 17 N–H and O–H groups in total. The summed E-state index contributed by atoms with van der Waals surface area (Å²) in [6.45, 7) is 7.37. The third-order valence-corrected chi connectivity index (χ3v) is 16.2. The Hall–Kier alpha value is -9.01. The van der Waals surface area contributed by atoms with Crippen LogP contribution in [0.5, 0.6) is 5.75 Å². The van der Waals surface area contributed by atoms with Crippen molar-refractivity contribution < 1.29 is 93.0 Å². The van der Waals surface area contributed by atoms with E-state index >= 15 is 0 Å². The fourth-order valence-corrected chi connectivity index (χ4v) is 10.7. The third-order valence-electron chi connectivity index (χ3n) is 16.2. The number of urea groups is 1. The highest BCUT2D eigenvalue weighted by molar-refractivity contribution is 5.94. The smallest absolute Gasteiger partial charge is 0.326 e. The largest absolute Gasteiger partial charge is 0.508 e. The maximum absolute atomic E-state index is 14.5. The zero-order valence-electron chi connectivity index (χ0n) is 54.9. The molecule has 0 aromatic heterocycles. The van der Waals surface area contributed by atoms with Gasteiger partial charge in [0, 0.05) is 104 Å². The van der Waals surface area contributed by atoms with Gasteiger partial charge in [0.15, 0.2) is 0 Å². The molecule has 3 rings (SSSR count). The second-order valence-corrected chi connectivity index (χ2v) is 23.9. The molecule has 0 saturated carbocycles. The fraction of sp³-hybridized carbons (Fsp3) is 0.609. The number of carboxylic acids is 5. The van der Waals surface area contributed by atoms with E-state index in [9.17, 15) is 87.9 Å². The van der Waals surface area contributed by atoms with Gasteiger partial charge in [-0.15, -0.1) is 0 Å². The number of aryl methyl sites for hydroxylation is 1. The van der Waals surface area contributed by atoms with E-state index in [1.165, 1.54) is 6.07 Å². The van der Waals surface area contributed by atoms with E-state index in [1.807, 2.05) is 11.8 Å². The Bertz CT molecular complexity index is 2890. The Balaban J connectivity index is 1.55. The number of phenolic OH excluding ortho intramolecular Hbond substituents is 1. The molecule has 6 unspecified atom stereocenters. The molecule has 1 aliphatic rings. The predicted molar refractivity (Wildman–Crippen MR) is 349 cm³/mol. The van der Waals surface area contributed by atoms with Gasteiger partial charge in [-0.05, 0) is 100 Å². The molecule has 32 heteroatoms. The van der Waals surface area contributed by atoms with Crippen LogP contribution in [-0.2, 0) is 70.4 Å². The lowest BCUT2D eigenvalue weighted by molar-refractivity contribution is -0.144. The van der Waals surface area contributed by atoms with Gasteiger partial charge in [0.25, 0.3) is 0 Å². The van der Waals surface area contributed by atoms with Crippen LogP contribution < -0.4 is 48.7 Å². The Labute approximate surface area is 558 Å². The number of likely N-dealkylation sites (N-methyl/N-ethyl adjacent to an activating group) is 1. The number of carbonyl (C=O) groups excluding carboxylic acids is 8. The number of unbranched alkanes of at least 4 members (excludes halogenated alkanes) is 5. The summed E-state index contributed by atoms with van der Waals surface area (Å²) in [7, 11) is 0. The molecular formula is C64H99N13O19. The number of aliphatic carboxylic acids is 5. The topological polar surface area (TPSA) is 492 Å². The minimum Gasteiger partial charge on any atom is -0.508 e. The van der Waals surface area contributed by atoms with Crippen LogP contribution in [0.1, 0.15) is 126 Å². The van der Waals surface area contributed by atoms with Crippen molar-refractivity contribution in [3.63, 3.8) is 0 Å². The average molecular weight is 1350 g/mol. The maximum atomic E-state index is 14.5. The van der Waals surface area contributed by atoms with Crippen LogP contribution in [0, 0.1) is 6.92 Å². The second-order valence-electron chi connectivity index (χ2n) is 23.9. The number of primary amides is 2.